The second-order valence-corrected chi connectivity index (χ2v) is 10.6. The van der Waals surface area contributed by atoms with Gasteiger partial charge < -0.3 is 4.74 Å². The number of esters is 1. The summed E-state index contributed by atoms with van der Waals surface area (Å²) in [5.41, 5.74) is 0.348. The third-order valence-corrected chi connectivity index (χ3v) is 7.75. The highest BCUT2D eigenvalue weighted by Crippen LogP contribution is 2.29. The molecular formula is C17H24O2Si. The standard InChI is InChI=1S/C17H24O2Si/c1-14(2)17(12-9-13-19-15(3)18)20(4,5)16-10-7-6-8-11-16/h6-8,10-11,14,17H,13H2,1-5H3. The molecule has 2 nitrogen and oxygen atoms in total. The lowest BCUT2D eigenvalue weighted by molar-refractivity contribution is -0.139. The summed E-state index contributed by atoms with van der Waals surface area (Å²) in [4.78, 5) is 10.8. The number of hydrogen-bond donors (Lipinski definition) is 0. The smallest absolute Gasteiger partial charge is 0.303 e. The van der Waals surface area contributed by atoms with Crippen LogP contribution in [0, 0.1) is 17.8 Å². The highest BCUT2D eigenvalue weighted by molar-refractivity contribution is 6.91. The first-order valence-corrected chi connectivity index (χ1v) is 10.1. The maximum Gasteiger partial charge on any atom is 0.303 e. The second kappa shape index (κ2) is 7.30. The highest BCUT2D eigenvalue weighted by Gasteiger charge is 2.34. The lowest BCUT2D eigenvalue weighted by Crippen LogP contribution is -2.47. The molecule has 0 radical (unpaired) electrons. The average molecular weight is 288 g/mol. The molecule has 3 heteroatoms. The number of carbonyl (C=O) groups excluding carboxylic acids is 1. The molecule has 0 heterocycles. The Bertz CT molecular complexity index is 495. The summed E-state index contributed by atoms with van der Waals surface area (Å²) in [6, 6.07) is 10.6. The van der Waals surface area contributed by atoms with Crippen LogP contribution in [0.1, 0.15) is 20.8 Å². The Hall–Kier alpha value is -1.53. The highest BCUT2D eigenvalue weighted by atomic mass is 28.3. The Labute approximate surface area is 123 Å². The van der Waals surface area contributed by atoms with Crippen LogP contribution in [0.5, 0.6) is 0 Å². The maximum absolute atomic E-state index is 10.8. The van der Waals surface area contributed by atoms with Gasteiger partial charge in [-0.3, -0.25) is 4.79 Å². The first-order chi connectivity index (χ1) is 9.35. The Balaban J connectivity index is 2.93. The van der Waals surface area contributed by atoms with Crippen LogP contribution in [0.15, 0.2) is 30.3 Å². The summed E-state index contributed by atoms with van der Waals surface area (Å²) in [6.45, 7) is 10.7. The fraction of sp³-hybridized carbons (Fsp3) is 0.471. The van der Waals surface area contributed by atoms with Gasteiger partial charge >= 0.3 is 5.97 Å². The molecule has 0 amide bonds. The van der Waals surface area contributed by atoms with Crippen molar-refractivity contribution < 1.29 is 9.53 Å². The predicted octanol–water partition coefficient (Wildman–Crippen LogP) is 3.19. The van der Waals surface area contributed by atoms with Gasteiger partial charge in [0.1, 0.15) is 0 Å². The van der Waals surface area contributed by atoms with Crippen molar-refractivity contribution in [3.8, 4) is 11.8 Å². The van der Waals surface area contributed by atoms with Crippen LogP contribution in [-0.2, 0) is 9.53 Å². The Morgan fingerprint density at radius 2 is 1.85 bits per heavy atom. The molecule has 0 aromatic heterocycles. The molecule has 0 fully saturated rings. The third-order valence-electron chi connectivity index (χ3n) is 3.57. The van der Waals surface area contributed by atoms with Gasteiger partial charge in [0, 0.05) is 12.5 Å². The van der Waals surface area contributed by atoms with E-state index in [2.05, 4.69) is 63.0 Å². The van der Waals surface area contributed by atoms with E-state index in [0.717, 1.165) is 0 Å². The molecule has 0 bridgehead atoms. The fourth-order valence-electron chi connectivity index (χ4n) is 2.52. The molecule has 20 heavy (non-hydrogen) atoms. The minimum Gasteiger partial charge on any atom is -0.453 e. The van der Waals surface area contributed by atoms with E-state index in [4.69, 9.17) is 4.74 Å². The lowest BCUT2D eigenvalue weighted by atomic mass is 10.1. The largest absolute Gasteiger partial charge is 0.453 e. The van der Waals surface area contributed by atoms with Crippen molar-refractivity contribution in [3.05, 3.63) is 30.3 Å². The summed E-state index contributed by atoms with van der Waals surface area (Å²) < 4.78 is 4.89. The molecule has 0 aliphatic rings. The quantitative estimate of drug-likeness (QED) is 0.483. The van der Waals surface area contributed by atoms with Crippen molar-refractivity contribution in [2.24, 2.45) is 5.92 Å². The zero-order valence-corrected chi connectivity index (χ0v) is 14.1. The van der Waals surface area contributed by atoms with Crippen molar-refractivity contribution >= 4 is 19.2 Å². The summed E-state index contributed by atoms with van der Waals surface area (Å²) in [5, 5.41) is 1.42. The van der Waals surface area contributed by atoms with Gasteiger partial charge in [0.2, 0.25) is 0 Å². The molecule has 0 N–H and O–H groups in total. The van der Waals surface area contributed by atoms with E-state index in [1.807, 2.05) is 6.07 Å². The summed E-state index contributed by atoms with van der Waals surface area (Å²) in [6.07, 6.45) is 0. The van der Waals surface area contributed by atoms with Gasteiger partial charge in [0.15, 0.2) is 6.61 Å². The molecular weight excluding hydrogens is 264 g/mol. The number of carbonyl (C=O) groups is 1. The predicted molar refractivity (Wildman–Crippen MR) is 86.6 cm³/mol. The number of benzene rings is 1. The van der Waals surface area contributed by atoms with E-state index >= 15 is 0 Å². The van der Waals surface area contributed by atoms with Crippen molar-refractivity contribution in [1.29, 1.82) is 0 Å². The zero-order valence-electron chi connectivity index (χ0n) is 13.1. The van der Waals surface area contributed by atoms with Gasteiger partial charge in [-0.15, -0.1) is 0 Å². The molecule has 1 aromatic rings. The van der Waals surface area contributed by atoms with Gasteiger partial charge in [0.05, 0.1) is 8.07 Å². The summed E-state index contributed by atoms with van der Waals surface area (Å²) >= 11 is 0. The van der Waals surface area contributed by atoms with Gasteiger partial charge in [-0.05, 0) is 5.92 Å². The molecule has 1 unspecified atom stereocenters. The molecule has 0 spiro atoms. The van der Waals surface area contributed by atoms with Crippen molar-refractivity contribution in [2.45, 2.75) is 39.4 Å². The van der Waals surface area contributed by atoms with Crippen LogP contribution in [0.3, 0.4) is 0 Å². The van der Waals surface area contributed by atoms with E-state index in [9.17, 15) is 4.79 Å². The zero-order chi connectivity index (χ0) is 15.2. The van der Waals surface area contributed by atoms with E-state index in [0.29, 0.717) is 11.5 Å². The maximum atomic E-state index is 10.8. The lowest BCUT2D eigenvalue weighted by Gasteiger charge is -2.32. The monoisotopic (exact) mass is 288 g/mol. The molecule has 108 valence electrons. The van der Waals surface area contributed by atoms with Gasteiger partial charge in [0.25, 0.3) is 0 Å². The van der Waals surface area contributed by atoms with E-state index < -0.39 is 8.07 Å². The fourth-order valence-corrected chi connectivity index (χ4v) is 6.06. The summed E-state index contributed by atoms with van der Waals surface area (Å²) in [7, 11) is -1.66. The minimum atomic E-state index is -1.66. The first kappa shape index (κ1) is 16.5. The average Bonchev–Trinajstić information content (AvgIpc) is 2.38. The molecule has 0 aliphatic heterocycles. The Morgan fingerprint density at radius 3 is 2.35 bits per heavy atom. The van der Waals surface area contributed by atoms with E-state index in [1.165, 1.54) is 12.1 Å². The SMILES string of the molecule is CC(=O)OCC#CC(C(C)C)[Si](C)(C)c1ccccc1. The molecule has 1 aromatic carbocycles. The van der Waals surface area contributed by atoms with E-state index in [1.54, 1.807) is 0 Å². The van der Waals surface area contributed by atoms with E-state index in [-0.39, 0.29) is 12.6 Å². The van der Waals surface area contributed by atoms with Crippen LogP contribution in [0.2, 0.25) is 18.6 Å². The topological polar surface area (TPSA) is 26.3 Å². The number of rotatable bonds is 4. The molecule has 0 saturated carbocycles. The molecule has 0 saturated heterocycles. The molecule has 1 atom stereocenters. The van der Waals surface area contributed by atoms with Crippen LogP contribution < -0.4 is 5.19 Å². The second-order valence-electron chi connectivity index (χ2n) is 5.91. The minimum absolute atomic E-state index is 0.192. The van der Waals surface area contributed by atoms with Crippen LogP contribution in [0.25, 0.3) is 0 Å². The summed E-state index contributed by atoms with van der Waals surface area (Å²) in [5.74, 6) is 6.57. The molecule has 0 aliphatic carbocycles. The van der Waals surface area contributed by atoms with Crippen molar-refractivity contribution in [3.63, 3.8) is 0 Å². The van der Waals surface area contributed by atoms with Crippen molar-refractivity contribution in [2.75, 3.05) is 6.61 Å². The normalized spacial score (nSPS) is 12.5. The van der Waals surface area contributed by atoms with Crippen LogP contribution in [-0.4, -0.2) is 20.7 Å². The van der Waals surface area contributed by atoms with Crippen LogP contribution >= 0.6 is 0 Å². The third kappa shape index (κ3) is 4.54. The number of hydrogen-bond acceptors (Lipinski definition) is 2. The first-order valence-electron chi connectivity index (χ1n) is 7.03. The Kier molecular flexibility index (Phi) is 6.03. The van der Waals surface area contributed by atoms with Crippen LogP contribution in [0.4, 0.5) is 0 Å². The van der Waals surface area contributed by atoms with Gasteiger partial charge in [-0.25, -0.2) is 0 Å². The van der Waals surface area contributed by atoms with Gasteiger partial charge in [-0.2, -0.15) is 0 Å². The van der Waals surface area contributed by atoms with Gasteiger partial charge in [-0.1, -0.05) is 74.3 Å². The Morgan fingerprint density at radius 1 is 1.25 bits per heavy atom. The number of ether oxygens (including phenoxy) is 1. The van der Waals surface area contributed by atoms with Crippen molar-refractivity contribution in [1.82, 2.24) is 0 Å². The molecule has 1 rings (SSSR count).